The van der Waals surface area contributed by atoms with Gasteiger partial charge in [0.15, 0.2) is 0 Å². The van der Waals surface area contributed by atoms with Gasteiger partial charge in [0, 0.05) is 25.0 Å². The zero-order valence-corrected chi connectivity index (χ0v) is 12.0. The molecule has 6 heteroatoms. The summed E-state index contributed by atoms with van der Waals surface area (Å²) >= 11 is 0. The Morgan fingerprint density at radius 3 is 2.70 bits per heavy atom. The van der Waals surface area contributed by atoms with Crippen LogP contribution in [0.25, 0.3) is 0 Å². The van der Waals surface area contributed by atoms with Crippen LogP contribution in [0.2, 0.25) is 0 Å². The Kier molecular flexibility index (Phi) is 5.73. The van der Waals surface area contributed by atoms with E-state index < -0.39 is 17.5 Å². The second kappa shape index (κ2) is 7.07. The number of rotatable bonds is 7. The molecule has 0 aliphatic carbocycles. The molecular formula is C14H21NO5. The SMILES string of the molecule is C=C(C)C(=O)NCCCCC(=O)OC1(C)CCOC1=O. The Hall–Kier alpha value is -1.85. The maximum atomic E-state index is 11.6. The molecule has 1 heterocycles. The molecule has 0 aromatic heterocycles. The Bertz CT molecular complexity index is 418. The minimum absolute atomic E-state index is 0.186. The van der Waals surface area contributed by atoms with Crippen LogP contribution < -0.4 is 5.32 Å². The lowest BCUT2D eigenvalue weighted by molar-refractivity contribution is -0.170. The highest BCUT2D eigenvalue weighted by Gasteiger charge is 2.43. The van der Waals surface area contributed by atoms with Crippen LogP contribution in [-0.4, -0.2) is 36.6 Å². The summed E-state index contributed by atoms with van der Waals surface area (Å²) in [6.45, 7) is 7.49. The number of hydrogen-bond donors (Lipinski definition) is 1. The Labute approximate surface area is 118 Å². The van der Waals surface area contributed by atoms with Crippen LogP contribution in [0.5, 0.6) is 0 Å². The first-order chi connectivity index (χ1) is 9.35. The number of ether oxygens (including phenoxy) is 2. The Balaban J connectivity index is 2.16. The van der Waals surface area contributed by atoms with E-state index >= 15 is 0 Å². The topological polar surface area (TPSA) is 81.7 Å². The fourth-order valence-electron chi connectivity index (χ4n) is 1.74. The molecule has 6 nitrogen and oxygen atoms in total. The van der Waals surface area contributed by atoms with Crippen molar-refractivity contribution in [1.82, 2.24) is 5.32 Å². The van der Waals surface area contributed by atoms with Gasteiger partial charge in [-0.25, -0.2) is 4.79 Å². The van der Waals surface area contributed by atoms with Crippen LogP contribution >= 0.6 is 0 Å². The molecule has 112 valence electrons. The number of unbranched alkanes of at least 4 members (excludes halogenated alkanes) is 1. The monoisotopic (exact) mass is 283 g/mol. The lowest BCUT2D eigenvalue weighted by Gasteiger charge is -2.19. The Morgan fingerprint density at radius 1 is 1.45 bits per heavy atom. The highest BCUT2D eigenvalue weighted by Crippen LogP contribution is 2.24. The lowest BCUT2D eigenvalue weighted by atomic mass is 10.1. The number of amides is 1. The molecular weight excluding hydrogens is 262 g/mol. The van der Waals surface area contributed by atoms with Crippen molar-refractivity contribution in [3.05, 3.63) is 12.2 Å². The lowest BCUT2D eigenvalue weighted by Crippen LogP contribution is -2.36. The quantitative estimate of drug-likeness (QED) is 0.430. The normalized spacial score (nSPS) is 21.2. The maximum Gasteiger partial charge on any atom is 0.350 e. The van der Waals surface area contributed by atoms with Gasteiger partial charge in [-0.2, -0.15) is 0 Å². The number of nitrogens with one attached hydrogen (secondary N) is 1. The van der Waals surface area contributed by atoms with Crippen molar-refractivity contribution in [3.8, 4) is 0 Å². The summed E-state index contributed by atoms with van der Waals surface area (Å²) in [6, 6.07) is 0. The van der Waals surface area contributed by atoms with Crippen molar-refractivity contribution in [2.45, 2.75) is 45.1 Å². The van der Waals surface area contributed by atoms with Gasteiger partial charge in [-0.05, 0) is 26.7 Å². The molecule has 1 aliphatic heterocycles. The first kappa shape index (κ1) is 16.2. The largest absolute Gasteiger partial charge is 0.463 e. The van der Waals surface area contributed by atoms with Crippen LogP contribution in [0.1, 0.15) is 39.5 Å². The van der Waals surface area contributed by atoms with E-state index in [1.807, 2.05) is 0 Å². The molecule has 1 N–H and O–H groups in total. The molecule has 0 saturated carbocycles. The van der Waals surface area contributed by atoms with Crippen molar-refractivity contribution in [2.24, 2.45) is 0 Å². The van der Waals surface area contributed by atoms with Crippen molar-refractivity contribution in [3.63, 3.8) is 0 Å². The van der Waals surface area contributed by atoms with Crippen LogP contribution in [-0.2, 0) is 23.9 Å². The molecule has 20 heavy (non-hydrogen) atoms. The fourth-order valence-corrected chi connectivity index (χ4v) is 1.74. The summed E-state index contributed by atoms with van der Waals surface area (Å²) in [6.07, 6.45) is 1.85. The molecule has 1 atom stereocenters. The van der Waals surface area contributed by atoms with Crippen molar-refractivity contribution in [1.29, 1.82) is 0 Å². The maximum absolute atomic E-state index is 11.6. The summed E-state index contributed by atoms with van der Waals surface area (Å²) in [5.74, 6) is -1.09. The first-order valence-corrected chi connectivity index (χ1v) is 6.68. The first-order valence-electron chi connectivity index (χ1n) is 6.68. The van der Waals surface area contributed by atoms with Gasteiger partial charge >= 0.3 is 11.9 Å². The minimum atomic E-state index is -1.13. The molecule has 0 spiro atoms. The van der Waals surface area contributed by atoms with E-state index in [2.05, 4.69) is 11.9 Å². The number of esters is 2. The number of carbonyl (C=O) groups is 3. The predicted octanol–water partition coefficient (Wildman–Crippen LogP) is 1.10. The molecule has 1 aliphatic rings. The summed E-state index contributed by atoms with van der Waals surface area (Å²) in [5.41, 5.74) is -0.678. The number of carbonyl (C=O) groups excluding carboxylic acids is 3. The molecule has 1 amide bonds. The molecule has 1 fully saturated rings. The third-order valence-corrected chi connectivity index (χ3v) is 3.06. The van der Waals surface area contributed by atoms with E-state index in [4.69, 9.17) is 9.47 Å². The third-order valence-electron chi connectivity index (χ3n) is 3.06. The van der Waals surface area contributed by atoms with E-state index in [0.717, 1.165) is 0 Å². The van der Waals surface area contributed by atoms with Gasteiger partial charge in [0.2, 0.25) is 11.5 Å². The van der Waals surface area contributed by atoms with Crippen molar-refractivity contribution in [2.75, 3.05) is 13.2 Å². The average molecular weight is 283 g/mol. The van der Waals surface area contributed by atoms with Gasteiger partial charge in [0.25, 0.3) is 0 Å². The smallest absolute Gasteiger partial charge is 0.350 e. The second-order valence-electron chi connectivity index (χ2n) is 5.08. The molecule has 1 unspecified atom stereocenters. The fraction of sp³-hybridized carbons (Fsp3) is 0.643. The highest BCUT2D eigenvalue weighted by molar-refractivity contribution is 5.92. The van der Waals surface area contributed by atoms with Crippen molar-refractivity contribution >= 4 is 17.8 Å². The number of cyclic esters (lactones) is 1. The summed E-state index contributed by atoms with van der Waals surface area (Å²) in [5, 5.41) is 2.68. The van der Waals surface area contributed by atoms with E-state index in [-0.39, 0.29) is 18.9 Å². The Morgan fingerprint density at radius 2 is 2.15 bits per heavy atom. The van der Waals surface area contributed by atoms with Gasteiger partial charge < -0.3 is 14.8 Å². The zero-order valence-electron chi connectivity index (χ0n) is 12.0. The summed E-state index contributed by atoms with van der Waals surface area (Å²) < 4.78 is 9.95. The molecule has 1 rings (SSSR count). The minimum Gasteiger partial charge on any atom is -0.463 e. The highest BCUT2D eigenvalue weighted by atomic mass is 16.6. The van der Waals surface area contributed by atoms with E-state index in [0.29, 0.717) is 31.4 Å². The van der Waals surface area contributed by atoms with Gasteiger partial charge in [-0.3, -0.25) is 9.59 Å². The van der Waals surface area contributed by atoms with Crippen molar-refractivity contribution < 1.29 is 23.9 Å². The molecule has 1 saturated heterocycles. The average Bonchev–Trinajstić information content (AvgIpc) is 2.68. The van der Waals surface area contributed by atoms with Crippen LogP contribution in [0, 0.1) is 0 Å². The molecule has 0 aromatic rings. The standard InChI is InChI=1S/C14H21NO5/c1-10(2)12(17)15-8-5-4-6-11(16)20-14(3)7-9-19-13(14)18/h1,4-9H2,2-3H3,(H,15,17). The van der Waals surface area contributed by atoms with Crippen LogP contribution in [0.4, 0.5) is 0 Å². The van der Waals surface area contributed by atoms with Crippen LogP contribution in [0.15, 0.2) is 12.2 Å². The zero-order chi connectivity index (χ0) is 15.2. The number of hydrogen-bond acceptors (Lipinski definition) is 5. The van der Waals surface area contributed by atoms with Gasteiger partial charge in [0.05, 0.1) is 6.61 Å². The molecule has 0 radical (unpaired) electrons. The van der Waals surface area contributed by atoms with Gasteiger partial charge in [-0.15, -0.1) is 0 Å². The second-order valence-corrected chi connectivity index (χ2v) is 5.08. The van der Waals surface area contributed by atoms with Gasteiger partial charge in [-0.1, -0.05) is 6.58 Å². The predicted molar refractivity (Wildman–Crippen MR) is 71.7 cm³/mol. The van der Waals surface area contributed by atoms with E-state index in [1.54, 1.807) is 13.8 Å². The summed E-state index contributed by atoms with van der Waals surface area (Å²) in [4.78, 5) is 34.2. The van der Waals surface area contributed by atoms with E-state index in [1.165, 1.54) is 0 Å². The van der Waals surface area contributed by atoms with Gasteiger partial charge in [0.1, 0.15) is 0 Å². The third kappa shape index (κ3) is 4.68. The molecule has 0 bridgehead atoms. The summed E-state index contributed by atoms with van der Waals surface area (Å²) in [7, 11) is 0. The van der Waals surface area contributed by atoms with E-state index in [9.17, 15) is 14.4 Å². The van der Waals surface area contributed by atoms with Crippen LogP contribution in [0.3, 0.4) is 0 Å². The molecule has 0 aromatic carbocycles.